The Morgan fingerprint density at radius 2 is 1.89 bits per heavy atom. The van der Waals surface area contributed by atoms with Crippen LogP contribution in [0.15, 0.2) is 65.6 Å². The van der Waals surface area contributed by atoms with E-state index in [1.807, 2.05) is 20.8 Å². The summed E-state index contributed by atoms with van der Waals surface area (Å²) in [7, 11) is -4.13. The second-order valence-corrected chi connectivity index (χ2v) is 13.5. The number of hydrogen-bond donors (Lipinski definition) is 2. The van der Waals surface area contributed by atoms with E-state index in [1.54, 1.807) is 30.3 Å². The summed E-state index contributed by atoms with van der Waals surface area (Å²) in [5.41, 5.74) is 1.00. The second kappa shape index (κ2) is 14.3. The molecule has 2 N–H and O–H groups in total. The number of sulfonamides is 1. The Morgan fingerprint density at radius 1 is 1.16 bits per heavy atom. The zero-order chi connectivity index (χ0) is 32.0. The van der Waals surface area contributed by atoms with Gasteiger partial charge in [0.15, 0.2) is 0 Å². The lowest BCUT2D eigenvalue weighted by molar-refractivity contribution is -0.384. The minimum atomic E-state index is -4.13. The molecule has 0 aliphatic carbocycles. The summed E-state index contributed by atoms with van der Waals surface area (Å²) in [5, 5.41) is 25.3. The van der Waals surface area contributed by atoms with Crippen LogP contribution in [0.3, 0.4) is 0 Å². The molecule has 1 aliphatic heterocycles. The van der Waals surface area contributed by atoms with Crippen LogP contribution in [0.25, 0.3) is 0 Å². The van der Waals surface area contributed by atoms with E-state index in [0.29, 0.717) is 42.4 Å². The maximum atomic E-state index is 13.5. The van der Waals surface area contributed by atoms with Crippen molar-refractivity contribution in [2.45, 2.75) is 57.1 Å². The largest absolute Gasteiger partial charge is 0.506 e. The number of rotatable bonds is 13. The minimum absolute atomic E-state index is 0.0778. The summed E-state index contributed by atoms with van der Waals surface area (Å²) in [6.07, 6.45) is 1.74. The molecule has 4 rings (SSSR count). The van der Waals surface area contributed by atoms with Gasteiger partial charge < -0.3 is 19.9 Å². The zero-order valence-corrected chi connectivity index (χ0v) is 26.3. The van der Waals surface area contributed by atoms with E-state index < -0.39 is 14.9 Å². The predicted octanol–water partition coefficient (Wildman–Crippen LogP) is 5.72. The van der Waals surface area contributed by atoms with Crippen LogP contribution < -0.4 is 14.4 Å². The first-order valence-electron chi connectivity index (χ1n) is 14.3. The topological polar surface area (TPSA) is 148 Å². The summed E-state index contributed by atoms with van der Waals surface area (Å²) in [5.74, 6) is -0.0929. The van der Waals surface area contributed by atoms with Crippen LogP contribution in [0.4, 0.5) is 11.4 Å². The first-order chi connectivity index (χ1) is 20.8. The molecule has 0 spiro atoms. The number of carbonyl (C=O) groups excluding carboxylic acids is 1. The molecule has 3 aromatic rings. The van der Waals surface area contributed by atoms with Gasteiger partial charge in [-0.15, -0.1) is 0 Å². The van der Waals surface area contributed by atoms with Crippen molar-refractivity contribution in [3.63, 3.8) is 0 Å². The lowest BCUT2D eigenvalue weighted by Gasteiger charge is -2.27. The molecule has 1 saturated heterocycles. The number of nitro groups is 1. The van der Waals surface area contributed by atoms with E-state index in [2.05, 4.69) is 5.32 Å². The molecular weight excluding hydrogens is 610 g/mol. The first-order valence-corrected chi connectivity index (χ1v) is 16.1. The fourth-order valence-electron chi connectivity index (χ4n) is 4.78. The van der Waals surface area contributed by atoms with Gasteiger partial charge in [-0.05, 0) is 73.7 Å². The number of non-ortho nitro benzene ring substituents is 1. The summed E-state index contributed by atoms with van der Waals surface area (Å²) in [6, 6.07) is 14.1. The molecule has 44 heavy (non-hydrogen) atoms. The smallest absolute Gasteiger partial charge is 0.269 e. The van der Waals surface area contributed by atoms with Crippen molar-refractivity contribution in [1.82, 2.24) is 5.32 Å². The maximum Gasteiger partial charge on any atom is 0.269 e. The van der Waals surface area contributed by atoms with Crippen molar-refractivity contribution in [3.05, 3.63) is 86.9 Å². The number of ether oxygens (including phenoxy) is 2. The lowest BCUT2D eigenvalue weighted by Crippen LogP contribution is -2.34. The van der Waals surface area contributed by atoms with Gasteiger partial charge in [-0.1, -0.05) is 31.5 Å². The number of phenols is 1. The standard InChI is InChI=1S/C31H36ClN3O8S/c1-20(2)18-34(44(40,41)28-9-7-25(8-10-28)35(38)39)29-11-6-22(14-30(29)36)5-4-21(3)33-31(37)23-15-24(32)17-27(16-23)43-26-12-13-42-19-26/h6-11,14-17,20-21,26,36H,4-5,12-13,18-19H2,1-3H3,(H,33,37)/t21-,26-/m0/s1. The number of halogens is 1. The van der Waals surface area contributed by atoms with Crippen LogP contribution >= 0.6 is 11.6 Å². The van der Waals surface area contributed by atoms with E-state index in [9.17, 15) is 28.4 Å². The Labute approximate surface area is 261 Å². The highest BCUT2D eigenvalue weighted by Gasteiger charge is 2.28. The second-order valence-electron chi connectivity index (χ2n) is 11.2. The third-order valence-corrected chi connectivity index (χ3v) is 9.05. The van der Waals surface area contributed by atoms with Crippen molar-refractivity contribution in [1.29, 1.82) is 0 Å². The van der Waals surface area contributed by atoms with E-state index in [0.717, 1.165) is 28.4 Å². The maximum absolute atomic E-state index is 13.5. The fourth-order valence-corrected chi connectivity index (χ4v) is 6.65. The third kappa shape index (κ3) is 8.40. The number of aryl methyl sites for hydroxylation is 1. The van der Waals surface area contributed by atoms with Crippen molar-refractivity contribution >= 4 is 38.9 Å². The van der Waals surface area contributed by atoms with Crippen LogP contribution in [0.1, 0.15) is 49.5 Å². The van der Waals surface area contributed by atoms with Crippen LogP contribution in [0.2, 0.25) is 5.02 Å². The lowest BCUT2D eigenvalue weighted by atomic mass is 10.0. The van der Waals surface area contributed by atoms with E-state index in [4.69, 9.17) is 21.1 Å². The number of phenolic OH excluding ortho intramolecular Hbond substituents is 1. The average Bonchev–Trinajstić information content (AvgIpc) is 3.47. The molecule has 0 saturated carbocycles. The zero-order valence-electron chi connectivity index (χ0n) is 24.7. The molecule has 0 radical (unpaired) electrons. The molecule has 1 fully saturated rings. The van der Waals surface area contributed by atoms with Gasteiger partial charge in [0.1, 0.15) is 17.6 Å². The molecule has 11 nitrogen and oxygen atoms in total. The van der Waals surface area contributed by atoms with Gasteiger partial charge in [-0.25, -0.2) is 8.42 Å². The molecule has 3 aromatic carbocycles. The Balaban J connectivity index is 1.42. The molecule has 0 unspecified atom stereocenters. The first kappa shape index (κ1) is 33.0. The number of nitro benzene ring substituents is 1. The SMILES string of the molecule is CC(C)CN(c1ccc(CC[C@H](C)NC(=O)c2cc(Cl)cc(O[C@H]3CCOC3)c2)cc1O)S(=O)(=O)c1ccc([N+](=O)[O-])cc1. The number of hydrogen-bond acceptors (Lipinski definition) is 8. The molecule has 0 aromatic heterocycles. The van der Waals surface area contributed by atoms with Crippen LogP contribution in [-0.2, 0) is 21.2 Å². The number of nitrogens with one attached hydrogen (secondary N) is 1. The number of aromatic hydroxyl groups is 1. The molecule has 236 valence electrons. The van der Waals surface area contributed by atoms with Gasteiger partial charge in [0.2, 0.25) is 0 Å². The van der Waals surface area contributed by atoms with Gasteiger partial charge in [0.05, 0.1) is 28.7 Å². The summed E-state index contributed by atoms with van der Waals surface area (Å²) < 4.78 is 39.4. The van der Waals surface area contributed by atoms with Gasteiger partial charge in [0.25, 0.3) is 21.6 Å². The highest BCUT2D eigenvalue weighted by Crippen LogP contribution is 2.34. The molecule has 2 atom stereocenters. The van der Waals surface area contributed by atoms with E-state index >= 15 is 0 Å². The Bertz CT molecular complexity index is 1590. The molecule has 13 heteroatoms. The number of nitrogens with zero attached hydrogens (tertiary/aromatic N) is 2. The highest BCUT2D eigenvalue weighted by atomic mass is 35.5. The predicted molar refractivity (Wildman–Crippen MR) is 167 cm³/mol. The van der Waals surface area contributed by atoms with Crippen molar-refractivity contribution in [2.24, 2.45) is 5.92 Å². The van der Waals surface area contributed by atoms with Crippen molar-refractivity contribution in [3.8, 4) is 11.5 Å². The normalized spacial score (nSPS) is 15.6. The average molecular weight is 646 g/mol. The molecule has 1 heterocycles. The monoisotopic (exact) mass is 645 g/mol. The molecule has 0 bridgehead atoms. The Morgan fingerprint density at radius 3 is 2.50 bits per heavy atom. The number of amides is 1. The fraction of sp³-hybridized carbons (Fsp3) is 0.387. The van der Waals surface area contributed by atoms with Crippen molar-refractivity contribution < 1.29 is 32.7 Å². The molecule has 1 amide bonds. The number of carbonyl (C=O) groups is 1. The number of anilines is 1. The minimum Gasteiger partial charge on any atom is -0.506 e. The van der Waals surface area contributed by atoms with E-state index in [-0.39, 0.29) is 52.5 Å². The van der Waals surface area contributed by atoms with E-state index in [1.165, 1.54) is 18.2 Å². The molecule has 1 aliphatic rings. The quantitative estimate of drug-likeness (QED) is 0.177. The van der Waals surface area contributed by atoms with Crippen LogP contribution in [0, 0.1) is 16.0 Å². The summed E-state index contributed by atoms with van der Waals surface area (Å²) in [4.78, 5) is 23.2. The number of benzene rings is 3. The van der Waals surface area contributed by atoms with Crippen molar-refractivity contribution in [2.75, 3.05) is 24.1 Å². The van der Waals surface area contributed by atoms with Crippen LogP contribution in [0.5, 0.6) is 11.5 Å². The van der Waals surface area contributed by atoms with Gasteiger partial charge >= 0.3 is 0 Å². The Kier molecular flexibility index (Phi) is 10.7. The van der Waals surface area contributed by atoms with Crippen LogP contribution in [-0.4, -0.2) is 56.3 Å². The summed E-state index contributed by atoms with van der Waals surface area (Å²) >= 11 is 6.23. The Hall–Kier alpha value is -3.87. The third-order valence-electron chi connectivity index (χ3n) is 7.04. The van der Waals surface area contributed by atoms with Gasteiger partial charge in [0, 0.05) is 41.7 Å². The molecular formula is C31H36ClN3O8S. The van der Waals surface area contributed by atoms with Gasteiger partial charge in [-0.3, -0.25) is 19.2 Å². The summed E-state index contributed by atoms with van der Waals surface area (Å²) in [6.45, 7) is 6.77. The highest BCUT2D eigenvalue weighted by molar-refractivity contribution is 7.92. The van der Waals surface area contributed by atoms with Gasteiger partial charge in [-0.2, -0.15) is 0 Å².